The van der Waals surface area contributed by atoms with Crippen molar-refractivity contribution in [2.45, 2.75) is 13.0 Å². The van der Waals surface area contributed by atoms with Gasteiger partial charge in [0.25, 0.3) is 11.6 Å². The van der Waals surface area contributed by atoms with Crippen LogP contribution >= 0.6 is 11.6 Å². The molecule has 1 atom stereocenters. The summed E-state index contributed by atoms with van der Waals surface area (Å²) in [5.41, 5.74) is 0.329. The van der Waals surface area contributed by atoms with E-state index < -0.39 is 29.5 Å². The molecule has 0 aliphatic heterocycles. The highest BCUT2D eigenvalue weighted by atomic mass is 35.5. The third-order valence-electron chi connectivity index (χ3n) is 4.51. The minimum atomic E-state index is -1.31. The van der Waals surface area contributed by atoms with Gasteiger partial charge in [-0.25, -0.2) is 4.79 Å². The minimum Gasteiger partial charge on any atom is -0.490 e. The van der Waals surface area contributed by atoms with Crippen LogP contribution in [0.15, 0.2) is 72.8 Å². The second kappa shape index (κ2) is 11.7. The van der Waals surface area contributed by atoms with Gasteiger partial charge in [-0.2, -0.15) is 0 Å². The van der Waals surface area contributed by atoms with Crippen LogP contribution in [0.2, 0.25) is 5.02 Å². The molecule has 1 N–H and O–H groups in total. The standard InChI is InChI=1S/C24H21ClN2O7/c1-2-32-20-10-6-7-11-21(20)33-15-22(28)34-23(16-8-4-3-5-9-16)24(29)26-19-13-12-17(27(30)31)14-18(19)25/h3-14,23H,2,15H2,1H3,(H,26,29). The van der Waals surface area contributed by atoms with Crippen molar-refractivity contribution >= 4 is 34.9 Å². The number of carbonyl (C=O) groups excluding carboxylic acids is 2. The summed E-state index contributed by atoms with van der Waals surface area (Å²) < 4.78 is 16.4. The first-order chi connectivity index (χ1) is 16.4. The second-order valence-corrected chi connectivity index (χ2v) is 7.27. The van der Waals surface area contributed by atoms with E-state index in [0.29, 0.717) is 23.7 Å². The Kier molecular flexibility index (Phi) is 8.42. The minimum absolute atomic E-state index is 0.0310. The fourth-order valence-corrected chi connectivity index (χ4v) is 3.19. The summed E-state index contributed by atoms with van der Waals surface area (Å²) in [6.45, 7) is 1.79. The van der Waals surface area contributed by atoms with Crippen molar-refractivity contribution in [3.63, 3.8) is 0 Å². The zero-order chi connectivity index (χ0) is 24.5. The molecule has 34 heavy (non-hydrogen) atoms. The van der Waals surface area contributed by atoms with Gasteiger partial charge in [-0.05, 0) is 25.1 Å². The van der Waals surface area contributed by atoms with Gasteiger partial charge in [-0.15, -0.1) is 0 Å². The van der Waals surface area contributed by atoms with Gasteiger partial charge in [0, 0.05) is 17.7 Å². The van der Waals surface area contributed by atoms with Crippen molar-refractivity contribution in [2.24, 2.45) is 0 Å². The molecule has 1 amide bonds. The normalized spacial score (nSPS) is 11.2. The molecule has 0 fully saturated rings. The largest absolute Gasteiger partial charge is 0.490 e. The molecule has 0 radical (unpaired) electrons. The summed E-state index contributed by atoms with van der Waals surface area (Å²) in [4.78, 5) is 35.8. The first-order valence-corrected chi connectivity index (χ1v) is 10.6. The Balaban J connectivity index is 1.73. The molecular weight excluding hydrogens is 464 g/mol. The smallest absolute Gasteiger partial charge is 0.345 e. The molecular formula is C24H21ClN2O7. The number of benzene rings is 3. The van der Waals surface area contributed by atoms with Crippen LogP contribution in [0.25, 0.3) is 0 Å². The summed E-state index contributed by atoms with van der Waals surface area (Å²) >= 11 is 6.07. The molecule has 0 aliphatic carbocycles. The Bertz CT molecular complexity index is 1170. The van der Waals surface area contributed by atoms with Crippen molar-refractivity contribution in [3.05, 3.63) is 93.5 Å². The van der Waals surface area contributed by atoms with Crippen LogP contribution in [-0.2, 0) is 14.3 Å². The fraction of sp³-hybridized carbons (Fsp3) is 0.167. The predicted molar refractivity (Wildman–Crippen MR) is 125 cm³/mol. The monoisotopic (exact) mass is 484 g/mol. The highest BCUT2D eigenvalue weighted by molar-refractivity contribution is 6.34. The Hall–Kier alpha value is -4.11. The molecule has 176 valence electrons. The van der Waals surface area contributed by atoms with Crippen molar-refractivity contribution in [3.8, 4) is 11.5 Å². The van der Waals surface area contributed by atoms with Crippen LogP contribution in [0.5, 0.6) is 11.5 Å². The van der Waals surface area contributed by atoms with Gasteiger partial charge in [-0.3, -0.25) is 14.9 Å². The number of nitro benzene ring substituents is 1. The maximum Gasteiger partial charge on any atom is 0.345 e. The molecule has 0 aromatic heterocycles. The lowest BCUT2D eigenvalue weighted by molar-refractivity contribution is -0.384. The summed E-state index contributed by atoms with van der Waals surface area (Å²) in [7, 11) is 0. The van der Waals surface area contributed by atoms with Crippen molar-refractivity contribution < 1.29 is 28.7 Å². The molecule has 9 nitrogen and oxygen atoms in total. The summed E-state index contributed by atoms with van der Waals surface area (Å²) in [6.07, 6.45) is -1.31. The van der Waals surface area contributed by atoms with E-state index in [0.717, 1.165) is 6.07 Å². The zero-order valence-electron chi connectivity index (χ0n) is 18.1. The third kappa shape index (κ3) is 6.46. The Labute approximate surface area is 200 Å². The van der Waals surface area contributed by atoms with Crippen LogP contribution in [0.1, 0.15) is 18.6 Å². The first kappa shape index (κ1) is 24.5. The lowest BCUT2D eigenvalue weighted by atomic mass is 10.1. The number of para-hydroxylation sites is 2. The van der Waals surface area contributed by atoms with Crippen molar-refractivity contribution in [2.75, 3.05) is 18.5 Å². The molecule has 3 aromatic carbocycles. The van der Waals surface area contributed by atoms with Crippen LogP contribution in [0.4, 0.5) is 11.4 Å². The Morgan fingerprint density at radius 1 is 1.00 bits per heavy atom. The van der Waals surface area contributed by atoms with Gasteiger partial charge in [0.05, 0.1) is 22.2 Å². The average Bonchev–Trinajstić information content (AvgIpc) is 2.83. The summed E-state index contributed by atoms with van der Waals surface area (Å²) in [5, 5.41) is 13.4. The summed E-state index contributed by atoms with van der Waals surface area (Å²) in [6, 6.07) is 18.9. The number of nitro groups is 1. The second-order valence-electron chi connectivity index (χ2n) is 6.86. The van der Waals surface area contributed by atoms with Crippen LogP contribution in [-0.4, -0.2) is 30.0 Å². The van der Waals surface area contributed by atoms with Gasteiger partial charge in [0.1, 0.15) is 0 Å². The lowest BCUT2D eigenvalue weighted by Crippen LogP contribution is -2.28. The van der Waals surface area contributed by atoms with E-state index in [9.17, 15) is 19.7 Å². The first-order valence-electron chi connectivity index (χ1n) is 10.2. The molecule has 0 saturated carbocycles. The number of esters is 1. The highest BCUT2D eigenvalue weighted by Gasteiger charge is 2.26. The Morgan fingerprint density at radius 3 is 2.26 bits per heavy atom. The molecule has 3 rings (SSSR count). The lowest BCUT2D eigenvalue weighted by Gasteiger charge is -2.19. The average molecular weight is 485 g/mol. The number of rotatable bonds is 10. The number of amides is 1. The molecule has 0 bridgehead atoms. The fourth-order valence-electron chi connectivity index (χ4n) is 2.96. The van der Waals surface area contributed by atoms with Gasteiger partial charge in [-0.1, -0.05) is 54.1 Å². The number of non-ortho nitro benzene ring substituents is 1. The van der Waals surface area contributed by atoms with E-state index in [2.05, 4.69) is 5.32 Å². The number of hydrogen-bond acceptors (Lipinski definition) is 7. The maximum absolute atomic E-state index is 13.0. The van der Waals surface area contributed by atoms with Crippen molar-refractivity contribution in [1.29, 1.82) is 0 Å². The van der Waals surface area contributed by atoms with E-state index in [-0.39, 0.29) is 16.4 Å². The number of ether oxygens (including phenoxy) is 3. The number of carbonyl (C=O) groups is 2. The van der Waals surface area contributed by atoms with Crippen LogP contribution < -0.4 is 14.8 Å². The van der Waals surface area contributed by atoms with Crippen molar-refractivity contribution in [1.82, 2.24) is 0 Å². The van der Waals surface area contributed by atoms with E-state index in [1.165, 1.54) is 12.1 Å². The van der Waals surface area contributed by atoms with E-state index in [1.807, 2.05) is 6.92 Å². The topological polar surface area (TPSA) is 117 Å². The van der Waals surface area contributed by atoms with E-state index >= 15 is 0 Å². The van der Waals surface area contributed by atoms with Gasteiger partial charge in [0.15, 0.2) is 18.1 Å². The van der Waals surface area contributed by atoms with Gasteiger partial charge in [0.2, 0.25) is 6.10 Å². The van der Waals surface area contributed by atoms with Gasteiger partial charge >= 0.3 is 5.97 Å². The SMILES string of the molecule is CCOc1ccccc1OCC(=O)OC(C(=O)Nc1ccc([N+](=O)[O-])cc1Cl)c1ccccc1. The number of nitrogens with zero attached hydrogens (tertiary/aromatic N) is 1. The van der Waals surface area contributed by atoms with Crippen LogP contribution in [0.3, 0.4) is 0 Å². The highest BCUT2D eigenvalue weighted by Crippen LogP contribution is 2.29. The number of halogens is 1. The Morgan fingerprint density at radius 2 is 1.65 bits per heavy atom. The van der Waals surface area contributed by atoms with Gasteiger partial charge < -0.3 is 19.5 Å². The molecule has 0 aliphatic rings. The quantitative estimate of drug-likeness (QED) is 0.246. The zero-order valence-corrected chi connectivity index (χ0v) is 18.9. The third-order valence-corrected chi connectivity index (χ3v) is 4.82. The number of hydrogen-bond donors (Lipinski definition) is 1. The molecule has 0 spiro atoms. The summed E-state index contributed by atoms with van der Waals surface area (Å²) in [5.74, 6) is -0.641. The molecule has 0 saturated heterocycles. The van der Waals surface area contributed by atoms with E-state index in [4.69, 9.17) is 25.8 Å². The molecule has 10 heteroatoms. The molecule has 1 unspecified atom stereocenters. The molecule has 3 aromatic rings. The number of anilines is 1. The predicted octanol–water partition coefficient (Wildman–Crippen LogP) is 4.95. The molecule has 0 heterocycles. The van der Waals surface area contributed by atoms with Crippen LogP contribution in [0, 0.1) is 10.1 Å². The maximum atomic E-state index is 13.0. The van der Waals surface area contributed by atoms with E-state index in [1.54, 1.807) is 54.6 Å². The number of nitrogens with one attached hydrogen (secondary N) is 1.